The summed E-state index contributed by atoms with van der Waals surface area (Å²) in [5, 5.41) is 8.43. The quantitative estimate of drug-likeness (QED) is 0.815. The number of carbonyl (C=O) groups excluding carboxylic acids is 1. The van der Waals surface area contributed by atoms with Crippen LogP contribution in [0.5, 0.6) is 0 Å². The molecule has 118 valence electrons. The van der Waals surface area contributed by atoms with Crippen LogP contribution in [0.25, 0.3) is 0 Å². The Balaban J connectivity index is 1.71. The van der Waals surface area contributed by atoms with Crippen molar-refractivity contribution in [3.8, 4) is 0 Å². The zero-order valence-electron chi connectivity index (χ0n) is 12.7. The van der Waals surface area contributed by atoms with Crippen LogP contribution in [-0.2, 0) is 0 Å². The maximum atomic E-state index is 13.7. The monoisotopic (exact) mass is 312 g/mol. The lowest BCUT2D eigenvalue weighted by atomic mass is 10.1. The molecular weight excluding hydrogens is 295 g/mol. The van der Waals surface area contributed by atoms with E-state index in [1.54, 1.807) is 6.07 Å². The molecule has 0 aliphatic carbocycles. The summed E-state index contributed by atoms with van der Waals surface area (Å²) in [6, 6.07) is 11.3. The van der Waals surface area contributed by atoms with Crippen LogP contribution in [0, 0.1) is 12.7 Å². The SMILES string of the molecule is Cc1ccc(NC(=O)Nc2cc(F)cc(C3=NCCN3)c2)cc1. The Morgan fingerprint density at radius 1 is 1.13 bits per heavy atom. The average molecular weight is 312 g/mol. The number of anilines is 2. The third-order valence-corrected chi connectivity index (χ3v) is 3.41. The Bertz CT molecular complexity index is 756. The number of carbonyl (C=O) groups is 1. The summed E-state index contributed by atoms with van der Waals surface area (Å²) >= 11 is 0. The molecule has 0 atom stereocenters. The molecule has 1 aliphatic rings. The molecule has 0 saturated carbocycles. The van der Waals surface area contributed by atoms with Gasteiger partial charge in [0.25, 0.3) is 0 Å². The zero-order valence-corrected chi connectivity index (χ0v) is 12.7. The summed E-state index contributed by atoms with van der Waals surface area (Å²) in [5.74, 6) is 0.219. The molecule has 0 fully saturated rings. The van der Waals surface area contributed by atoms with Crippen molar-refractivity contribution in [3.05, 3.63) is 59.4 Å². The number of hydrogen-bond acceptors (Lipinski definition) is 3. The second-order valence-corrected chi connectivity index (χ2v) is 5.33. The van der Waals surface area contributed by atoms with Gasteiger partial charge in [0, 0.05) is 23.5 Å². The zero-order chi connectivity index (χ0) is 16.2. The number of rotatable bonds is 3. The minimum absolute atomic E-state index is 0.376. The highest BCUT2D eigenvalue weighted by atomic mass is 19.1. The molecule has 0 spiro atoms. The Labute approximate surface area is 133 Å². The first kappa shape index (κ1) is 15.0. The normalized spacial score (nSPS) is 13.2. The van der Waals surface area contributed by atoms with E-state index in [1.807, 2.05) is 31.2 Å². The summed E-state index contributed by atoms with van der Waals surface area (Å²) in [4.78, 5) is 16.3. The van der Waals surface area contributed by atoms with Gasteiger partial charge in [-0.25, -0.2) is 9.18 Å². The van der Waals surface area contributed by atoms with Gasteiger partial charge in [0.05, 0.1) is 6.54 Å². The van der Waals surface area contributed by atoms with Crippen LogP contribution in [0.1, 0.15) is 11.1 Å². The van der Waals surface area contributed by atoms with Crippen LogP contribution in [0.2, 0.25) is 0 Å². The lowest BCUT2D eigenvalue weighted by Gasteiger charge is -2.10. The van der Waals surface area contributed by atoms with Gasteiger partial charge in [0.2, 0.25) is 0 Å². The largest absolute Gasteiger partial charge is 0.368 e. The van der Waals surface area contributed by atoms with E-state index < -0.39 is 11.8 Å². The van der Waals surface area contributed by atoms with Gasteiger partial charge in [-0.3, -0.25) is 4.99 Å². The fraction of sp³-hybridized carbons (Fsp3) is 0.176. The van der Waals surface area contributed by atoms with E-state index in [-0.39, 0.29) is 0 Å². The summed E-state index contributed by atoms with van der Waals surface area (Å²) < 4.78 is 13.7. The summed E-state index contributed by atoms with van der Waals surface area (Å²) in [7, 11) is 0. The molecule has 2 amide bonds. The second kappa shape index (κ2) is 6.48. The molecule has 23 heavy (non-hydrogen) atoms. The van der Waals surface area contributed by atoms with E-state index in [0.717, 1.165) is 12.1 Å². The van der Waals surface area contributed by atoms with Crippen molar-refractivity contribution in [2.75, 3.05) is 23.7 Å². The van der Waals surface area contributed by atoms with Gasteiger partial charge in [-0.05, 0) is 37.3 Å². The lowest BCUT2D eigenvalue weighted by Crippen LogP contribution is -2.22. The van der Waals surface area contributed by atoms with Crippen LogP contribution in [0.15, 0.2) is 47.5 Å². The van der Waals surface area contributed by atoms with Gasteiger partial charge < -0.3 is 16.0 Å². The van der Waals surface area contributed by atoms with Crippen LogP contribution in [0.4, 0.5) is 20.6 Å². The third-order valence-electron chi connectivity index (χ3n) is 3.41. The maximum absolute atomic E-state index is 13.7. The number of hydrogen-bond donors (Lipinski definition) is 3. The van der Waals surface area contributed by atoms with Gasteiger partial charge in [-0.1, -0.05) is 17.7 Å². The molecule has 0 aromatic heterocycles. The van der Waals surface area contributed by atoms with E-state index in [4.69, 9.17) is 0 Å². The van der Waals surface area contributed by atoms with Gasteiger partial charge in [-0.15, -0.1) is 0 Å². The van der Waals surface area contributed by atoms with E-state index in [9.17, 15) is 9.18 Å². The molecule has 6 heteroatoms. The summed E-state index contributed by atoms with van der Waals surface area (Å²) in [6.45, 7) is 3.38. The van der Waals surface area contributed by atoms with E-state index in [1.165, 1.54) is 12.1 Å². The molecule has 0 unspecified atom stereocenters. The number of aliphatic imine (C=N–C) groups is 1. The topological polar surface area (TPSA) is 65.5 Å². The fourth-order valence-corrected chi connectivity index (χ4v) is 2.32. The maximum Gasteiger partial charge on any atom is 0.323 e. The van der Waals surface area contributed by atoms with Crippen LogP contribution >= 0.6 is 0 Å². The van der Waals surface area contributed by atoms with Crippen molar-refractivity contribution in [1.82, 2.24) is 5.32 Å². The molecule has 2 aromatic carbocycles. The molecule has 0 radical (unpaired) electrons. The van der Waals surface area contributed by atoms with Crippen molar-refractivity contribution in [2.45, 2.75) is 6.92 Å². The summed E-state index contributed by atoms with van der Waals surface area (Å²) in [6.07, 6.45) is 0. The Morgan fingerprint density at radius 3 is 2.57 bits per heavy atom. The minimum atomic E-state index is -0.426. The number of halogens is 1. The summed E-state index contributed by atoms with van der Waals surface area (Å²) in [5.41, 5.74) is 2.77. The number of nitrogens with zero attached hydrogens (tertiary/aromatic N) is 1. The minimum Gasteiger partial charge on any atom is -0.368 e. The predicted molar refractivity (Wildman–Crippen MR) is 89.6 cm³/mol. The first-order chi connectivity index (χ1) is 11.1. The molecule has 0 bridgehead atoms. The predicted octanol–water partition coefficient (Wildman–Crippen LogP) is 3.13. The van der Waals surface area contributed by atoms with Gasteiger partial charge in [0.15, 0.2) is 0 Å². The van der Waals surface area contributed by atoms with E-state index in [0.29, 0.717) is 29.3 Å². The number of amides is 2. The highest BCUT2D eigenvalue weighted by molar-refractivity contribution is 6.03. The average Bonchev–Trinajstić information content (AvgIpc) is 3.03. The fourth-order valence-electron chi connectivity index (χ4n) is 2.32. The Morgan fingerprint density at radius 2 is 1.87 bits per heavy atom. The Hall–Kier alpha value is -2.89. The lowest BCUT2D eigenvalue weighted by molar-refractivity contribution is 0.262. The van der Waals surface area contributed by atoms with Crippen LogP contribution < -0.4 is 16.0 Å². The van der Waals surface area contributed by atoms with Gasteiger partial charge >= 0.3 is 6.03 Å². The van der Waals surface area contributed by atoms with Gasteiger partial charge in [-0.2, -0.15) is 0 Å². The van der Waals surface area contributed by atoms with Crippen molar-refractivity contribution < 1.29 is 9.18 Å². The van der Waals surface area contributed by atoms with Crippen LogP contribution in [-0.4, -0.2) is 25.0 Å². The van der Waals surface area contributed by atoms with Gasteiger partial charge in [0.1, 0.15) is 11.7 Å². The first-order valence-electron chi connectivity index (χ1n) is 7.34. The third kappa shape index (κ3) is 3.85. The molecule has 2 aromatic rings. The highest BCUT2D eigenvalue weighted by Gasteiger charge is 2.11. The molecular formula is C17H17FN4O. The highest BCUT2D eigenvalue weighted by Crippen LogP contribution is 2.16. The molecule has 0 saturated heterocycles. The number of nitrogens with one attached hydrogen (secondary N) is 3. The molecule has 3 N–H and O–H groups in total. The smallest absolute Gasteiger partial charge is 0.323 e. The van der Waals surface area contributed by atoms with E-state index >= 15 is 0 Å². The van der Waals surface area contributed by atoms with Crippen molar-refractivity contribution in [3.63, 3.8) is 0 Å². The van der Waals surface area contributed by atoms with Crippen molar-refractivity contribution >= 4 is 23.2 Å². The van der Waals surface area contributed by atoms with Crippen molar-refractivity contribution in [2.24, 2.45) is 4.99 Å². The number of benzene rings is 2. The Kier molecular flexibility index (Phi) is 4.23. The molecule has 3 rings (SSSR count). The van der Waals surface area contributed by atoms with Crippen molar-refractivity contribution in [1.29, 1.82) is 0 Å². The molecule has 5 nitrogen and oxygen atoms in total. The second-order valence-electron chi connectivity index (χ2n) is 5.33. The van der Waals surface area contributed by atoms with E-state index in [2.05, 4.69) is 20.9 Å². The standard InChI is InChI=1S/C17H17FN4O/c1-11-2-4-14(5-3-11)21-17(23)22-15-9-12(8-13(18)10-15)16-19-6-7-20-16/h2-5,8-10H,6-7H2,1H3,(H,19,20)(H2,21,22,23). The van der Waals surface area contributed by atoms with Crippen LogP contribution in [0.3, 0.4) is 0 Å². The first-order valence-corrected chi connectivity index (χ1v) is 7.34. The number of aryl methyl sites for hydroxylation is 1. The number of amidine groups is 1. The molecule has 1 heterocycles. The molecule has 1 aliphatic heterocycles. The number of urea groups is 1.